The maximum atomic E-state index is 4.09. The SMILES string of the molecule is BrCCc1cn(Cc2ccccc2)nn1. The minimum atomic E-state index is 0.788. The van der Waals surface area contributed by atoms with Crippen molar-refractivity contribution >= 4 is 15.9 Å². The van der Waals surface area contributed by atoms with Crippen LogP contribution in [0.15, 0.2) is 36.5 Å². The van der Waals surface area contributed by atoms with Gasteiger partial charge in [-0.15, -0.1) is 5.10 Å². The second-order valence-corrected chi connectivity index (χ2v) is 4.13. The second kappa shape index (κ2) is 5.07. The molecule has 0 aliphatic carbocycles. The molecular weight excluding hydrogens is 254 g/mol. The molecule has 1 heterocycles. The Labute approximate surface area is 97.2 Å². The smallest absolute Gasteiger partial charge is 0.0835 e. The Morgan fingerprint density at radius 2 is 2.00 bits per heavy atom. The highest BCUT2D eigenvalue weighted by molar-refractivity contribution is 9.09. The summed E-state index contributed by atoms with van der Waals surface area (Å²) in [6.07, 6.45) is 2.92. The van der Waals surface area contributed by atoms with Crippen LogP contribution >= 0.6 is 15.9 Å². The van der Waals surface area contributed by atoms with Gasteiger partial charge in [0.25, 0.3) is 0 Å². The molecule has 0 fully saturated rings. The third-order valence-corrected chi connectivity index (χ3v) is 2.52. The monoisotopic (exact) mass is 265 g/mol. The van der Waals surface area contributed by atoms with Crippen molar-refractivity contribution in [1.29, 1.82) is 0 Å². The standard InChI is InChI=1S/C11H12BrN3/c12-7-6-11-9-15(14-13-11)8-10-4-2-1-3-5-10/h1-5,9H,6-8H2. The molecule has 0 aliphatic heterocycles. The van der Waals surface area contributed by atoms with Gasteiger partial charge < -0.3 is 0 Å². The topological polar surface area (TPSA) is 30.7 Å². The van der Waals surface area contributed by atoms with Crippen LogP contribution in [0.3, 0.4) is 0 Å². The lowest BCUT2D eigenvalue weighted by Gasteiger charge is -1.99. The van der Waals surface area contributed by atoms with Gasteiger partial charge in [0.15, 0.2) is 0 Å². The number of nitrogens with zero attached hydrogens (tertiary/aromatic N) is 3. The van der Waals surface area contributed by atoms with E-state index in [1.807, 2.05) is 29.1 Å². The van der Waals surface area contributed by atoms with Gasteiger partial charge in [0, 0.05) is 17.9 Å². The molecule has 0 unspecified atom stereocenters. The Hall–Kier alpha value is -1.16. The molecule has 0 spiro atoms. The molecule has 15 heavy (non-hydrogen) atoms. The first-order valence-electron chi connectivity index (χ1n) is 4.87. The van der Waals surface area contributed by atoms with Crippen LogP contribution in [-0.4, -0.2) is 20.3 Å². The van der Waals surface area contributed by atoms with E-state index in [2.05, 4.69) is 38.4 Å². The first-order valence-corrected chi connectivity index (χ1v) is 5.99. The van der Waals surface area contributed by atoms with Crippen LogP contribution in [0.2, 0.25) is 0 Å². The average Bonchev–Trinajstić information content (AvgIpc) is 2.68. The zero-order valence-corrected chi connectivity index (χ0v) is 9.89. The van der Waals surface area contributed by atoms with Gasteiger partial charge in [-0.25, -0.2) is 4.68 Å². The van der Waals surface area contributed by atoms with Gasteiger partial charge in [0.2, 0.25) is 0 Å². The minimum absolute atomic E-state index is 0.788. The summed E-state index contributed by atoms with van der Waals surface area (Å²) in [5.41, 5.74) is 2.27. The molecule has 0 aliphatic rings. The fourth-order valence-corrected chi connectivity index (χ4v) is 1.80. The molecule has 1 aromatic heterocycles. The van der Waals surface area contributed by atoms with Crippen LogP contribution in [-0.2, 0) is 13.0 Å². The van der Waals surface area contributed by atoms with Crippen molar-refractivity contribution in [1.82, 2.24) is 15.0 Å². The van der Waals surface area contributed by atoms with Crippen LogP contribution in [0.4, 0.5) is 0 Å². The summed E-state index contributed by atoms with van der Waals surface area (Å²) >= 11 is 3.39. The summed E-state index contributed by atoms with van der Waals surface area (Å²) < 4.78 is 1.87. The molecule has 2 rings (SSSR count). The number of rotatable bonds is 4. The molecule has 0 saturated heterocycles. The summed E-state index contributed by atoms with van der Waals surface area (Å²) in [7, 11) is 0. The van der Waals surface area contributed by atoms with E-state index in [1.165, 1.54) is 5.56 Å². The van der Waals surface area contributed by atoms with Crippen LogP contribution < -0.4 is 0 Å². The highest BCUT2D eigenvalue weighted by Gasteiger charge is 2.00. The lowest BCUT2D eigenvalue weighted by Crippen LogP contribution is -1.99. The third kappa shape index (κ3) is 2.89. The van der Waals surface area contributed by atoms with Gasteiger partial charge in [-0.2, -0.15) is 0 Å². The molecule has 0 amide bonds. The van der Waals surface area contributed by atoms with Crippen molar-refractivity contribution in [2.45, 2.75) is 13.0 Å². The quantitative estimate of drug-likeness (QED) is 0.795. The van der Waals surface area contributed by atoms with E-state index in [0.29, 0.717) is 0 Å². The molecule has 0 bridgehead atoms. The molecule has 3 nitrogen and oxygen atoms in total. The number of hydrogen-bond donors (Lipinski definition) is 0. The first-order chi connectivity index (χ1) is 7.38. The normalized spacial score (nSPS) is 10.5. The summed E-state index contributed by atoms with van der Waals surface area (Å²) in [6, 6.07) is 10.3. The third-order valence-electron chi connectivity index (χ3n) is 2.12. The first kappa shape index (κ1) is 10.4. The van der Waals surface area contributed by atoms with E-state index in [9.17, 15) is 0 Å². The Bertz CT molecular complexity index is 411. The van der Waals surface area contributed by atoms with Crippen molar-refractivity contribution in [2.24, 2.45) is 0 Å². The Morgan fingerprint density at radius 1 is 1.20 bits per heavy atom. The number of halogens is 1. The van der Waals surface area contributed by atoms with E-state index in [4.69, 9.17) is 0 Å². The maximum absolute atomic E-state index is 4.09. The van der Waals surface area contributed by atoms with Crippen LogP contribution in [0.5, 0.6) is 0 Å². The molecule has 0 saturated carbocycles. The lowest BCUT2D eigenvalue weighted by atomic mass is 10.2. The molecule has 78 valence electrons. The predicted octanol–water partition coefficient (Wildman–Crippen LogP) is 2.26. The predicted molar refractivity (Wildman–Crippen MR) is 63.1 cm³/mol. The second-order valence-electron chi connectivity index (χ2n) is 3.33. The lowest BCUT2D eigenvalue weighted by molar-refractivity contribution is 0.649. The summed E-state index contributed by atoms with van der Waals surface area (Å²) in [5, 5.41) is 9.09. The van der Waals surface area contributed by atoms with Gasteiger partial charge in [0.05, 0.1) is 12.2 Å². The minimum Gasteiger partial charge on any atom is -0.248 e. The number of aromatic nitrogens is 3. The molecule has 0 radical (unpaired) electrons. The van der Waals surface area contributed by atoms with E-state index in [1.54, 1.807) is 0 Å². The van der Waals surface area contributed by atoms with E-state index in [-0.39, 0.29) is 0 Å². The van der Waals surface area contributed by atoms with E-state index >= 15 is 0 Å². The van der Waals surface area contributed by atoms with E-state index in [0.717, 1.165) is 24.0 Å². The zero-order valence-electron chi connectivity index (χ0n) is 8.31. The van der Waals surface area contributed by atoms with E-state index < -0.39 is 0 Å². The zero-order chi connectivity index (χ0) is 10.5. The molecule has 1 aromatic carbocycles. The highest BCUT2D eigenvalue weighted by Crippen LogP contribution is 2.03. The summed E-state index contributed by atoms with van der Waals surface area (Å²) in [4.78, 5) is 0. The number of hydrogen-bond acceptors (Lipinski definition) is 2. The Morgan fingerprint density at radius 3 is 2.73 bits per heavy atom. The van der Waals surface area contributed by atoms with Gasteiger partial charge in [-0.05, 0) is 5.56 Å². The van der Waals surface area contributed by atoms with Crippen LogP contribution in [0.25, 0.3) is 0 Å². The molecule has 0 N–H and O–H groups in total. The van der Waals surface area contributed by atoms with Gasteiger partial charge in [-0.1, -0.05) is 51.5 Å². The van der Waals surface area contributed by atoms with Crippen molar-refractivity contribution in [2.75, 3.05) is 5.33 Å². The Kier molecular flexibility index (Phi) is 3.50. The van der Waals surface area contributed by atoms with Crippen LogP contribution in [0.1, 0.15) is 11.3 Å². The van der Waals surface area contributed by atoms with Gasteiger partial charge in [-0.3, -0.25) is 0 Å². The fraction of sp³-hybridized carbons (Fsp3) is 0.273. The number of aryl methyl sites for hydroxylation is 1. The van der Waals surface area contributed by atoms with Gasteiger partial charge in [0.1, 0.15) is 0 Å². The molecule has 4 heteroatoms. The largest absolute Gasteiger partial charge is 0.248 e. The highest BCUT2D eigenvalue weighted by atomic mass is 79.9. The number of benzene rings is 1. The Balaban J connectivity index is 2.05. The van der Waals surface area contributed by atoms with Gasteiger partial charge >= 0.3 is 0 Å². The van der Waals surface area contributed by atoms with Crippen molar-refractivity contribution in [3.05, 3.63) is 47.8 Å². The number of alkyl halides is 1. The maximum Gasteiger partial charge on any atom is 0.0835 e. The molecule has 2 aromatic rings. The van der Waals surface area contributed by atoms with Crippen molar-refractivity contribution < 1.29 is 0 Å². The fourth-order valence-electron chi connectivity index (χ4n) is 1.40. The average molecular weight is 266 g/mol. The molecule has 0 atom stereocenters. The van der Waals surface area contributed by atoms with Crippen LogP contribution in [0, 0.1) is 0 Å². The summed E-state index contributed by atoms with van der Waals surface area (Å²) in [5.74, 6) is 0. The molecular formula is C11H12BrN3. The van der Waals surface area contributed by atoms with Crippen molar-refractivity contribution in [3.63, 3.8) is 0 Å². The van der Waals surface area contributed by atoms with Crippen molar-refractivity contribution in [3.8, 4) is 0 Å². The summed E-state index contributed by atoms with van der Waals surface area (Å²) in [6.45, 7) is 0.788.